The summed E-state index contributed by atoms with van der Waals surface area (Å²) in [5, 5.41) is 3.82. The van der Waals surface area contributed by atoms with Gasteiger partial charge in [-0.05, 0) is 36.0 Å². The molecule has 0 saturated carbocycles. The molecule has 1 aromatic heterocycles. The number of amides is 1. The summed E-state index contributed by atoms with van der Waals surface area (Å²) in [4.78, 5) is 18.8. The van der Waals surface area contributed by atoms with E-state index in [0.717, 1.165) is 16.7 Å². The second kappa shape index (κ2) is 9.52. The van der Waals surface area contributed by atoms with Gasteiger partial charge in [0.25, 0.3) is 0 Å². The molecule has 0 radical (unpaired) electrons. The van der Waals surface area contributed by atoms with Crippen LogP contribution in [0.3, 0.4) is 0 Å². The molecular weight excluding hydrogens is 448 g/mol. The third-order valence-corrected chi connectivity index (χ3v) is 8.66. The number of benzene rings is 1. The maximum Gasteiger partial charge on any atom is 0.243 e. The molecule has 0 unspecified atom stereocenters. The molecule has 1 aromatic carbocycles. The van der Waals surface area contributed by atoms with Crippen LogP contribution in [0.1, 0.15) is 49.2 Å². The van der Waals surface area contributed by atoms with Crippen molar-refractivity contribution in [1.82, 2.24) is 19.3 Å². The molecule has 0 N–H and O–H groups in total. The van der Waals surface area contributed by atoms with Crippen LogP contribution in [0.25, 0.3) is 0 Å². The first-order chi connectivity index (χ1) is 14.9. The first-order valence-electron chi connectivity index (χ1n) is 10.7. The number of hydrogen-bond acceptors (Lipinski definition) is 7. The van der Waals surface area contributed by atoms with Gasteiger partial charge in [0.15, 0.2) is 5.82 Å². The molecule has 0 aliphatic carbocycles. The number of aryl methyl sites for hydroxylation is 3. The van der Waals surface area contributed by atoms with Gasteiger partial charge in [0.05, 0.1) is 16.4 Å². The van der Waals surface area contributed by atoms with E-state index >= 15 is 0 Å². The third kappa shape index (κ3) is 5.52. The summed E-state index contributed by atoms with van der Waals surface area (Å²) in [5.74, 6) is 1.87. The maximum absolute atomic E-state index is 13.4. The first-order valence-corrected chi connectivity index (χ1v) is 13.3. The van der Waals surface area contributed by atoms with E-state index < -0.39 is 10.0 Å². The Labute approximate surface area is 194 Å². The number of thioether (sulfide) groups is 1. The van der Waals surface area contributed by atoms with E-state index in [-0.39, 0.29) is 11.3 Å². The summed E-state index contributed by atoms with van der Waals surface area (Å²) < 4.78 is 33.2. The lowest BCUT2D eigenvalue weighted by Crippen LogP contribution is -2.51. The zero-order valence-corrected chi connectivity index (χ0v) is 21.3. The quantitative estimate of drug-likeness (QED) is 0.627. The van der Waals surface area contributed by atoms with E-state index in [1.165, 1.54) is 16.1 Å². The fourth-order valence-corrected chi connectivity index (χ4v) is 6.41. The van der Waals surface area contributed by atoms with Gasteiger partial charge in [0.2, 0.25) is 21.8 Å². The van der Waals surface area contributed by atoms with Gasteiger partial charge < -0.3 is 9.42 Å². The molecule has 1 saturated heterocycles. The van der Waals surface area contributed by atoms with Gasteiger partial charge in [-0.1, -0.05) is 38.1 Å². The normalized spacial score (nSPS) is 15.9. The van der Waals surface area contributed by atoms with Crippen molar-refractivity contribution in [3.05, 3.63) is 40.5 Å². The fraction of sp³-hybridized carbons (Fsp3) is 0.591. The smallest absolute Gasteiger partial charge is 0.243 e. The summed E-state index contributed by atoms with van der Waals surface area (Å²) in [6.45, 7) is 13.2. The Morgan fingerprint density at radius 2 is 1.69 bits per heavy atom. The number of piperazine rings is 1. The number of rotatable bonds is 6. The van der Waals surface area contributed by atoms with Crippen LogP contribution in [0.15, 0.2) is 21.6 Å². The van der Waals surface area contributed by atoms with Crippen molar-refractivity contribution < 1.29 is 17.7 Å². The van der Waals surface area contributed by atoms with Crippen LogP contribution in [0.4, 0.5) is 0 Å². The van der Waals surface area contributed by atoms with E-state index in [9.17, 15) is 13.2 Å². The standard InChI is InChI=1S/C22H32N4O4S2/c1-15-11-18(22(4,5)6)12-16(2)21(15)32(28,29)26-9-7-25(8-10-26)20(27)14-31-13-19-23-17(3)30-24-19/h11-12H,7-10,13-14H2,1-6H3. The summed E-state index contributed by atoms with van der Waals surface area (Å²) >= 11 is 1.42. The highest BCUT2D eigenvalue weighted by Gasteiger charge is 2.32. The SMILES string of the molecule is Cc1nc(CSCC(=O)N2CCN(S(=O)(=O)c3c(C)cc(C(C)(C)C)cc3C)CC2)no1. The average Bonchev–Trinajstić information content (AvgIpc) is 3.11. The largest absolute Gasteiger partial charge is 0.340 e. The van der Waals surface area contributed by atoms with Gasteiger partial charge in [0.1, 0.15) is 0 Å². The van der Waals surface area contributed by atoms with Crippen LogP contribution in [-0.2, 0) is 26.0 Å². The van der Waals surface area contributed by atoms with Gasteiger partial charge in [-0.25, -0.2) is 8.42 Å². The molecule has 8 nitrogen and oxygen atoms in total. The fourth-order valence-electron chi connectivity index (χ4n) is 3.82. The third-order valence-electron chi connectivity index (χ3n) is 5.54. The number of nitrogens with zero attached hydrogens (tertiary/aromatic N) is 4. The number of sulfonamides is 1. The van der Waals surface area contributed by atoms with Gasteiger partial charge in [-0.15, -0.1) is 11.8 Å². The van der Waals surface area contributed by atoms with Gasteiger partial charge >= 0.3 is 0 Å². The van der Waals surface area contributed by atoms with E-state index in [1.807, 2.05) is 26.0 Å². The van der Waals surface area contributed by atoms with Crippen LogP contribution in [0.2, 0.25) is 0 Å². The van der Waals surface area contributed by atoms with Crippen LogP contribution < -0.4 is 0 Å². The molecule has 2 aromatic rings. The molecule has 0 atom stereocenters. The molecular formula is C22H32N4O4S2. The van der Waals surface area contributed by atoms with E-state index in [1.54, 1.807) is 11.8 Å². The minimum Gasteiger partial charge on any atom is -0.340 e. The van der Waals surface area contributed by atoms with Crippen molar-refractivity contribution in [2.75, 3.05) is 31.9 Å². The Hall–Kier alpha value is -1.91. The van der Waals surface area contributed by atoms with E-state index in [0.29, 0.717) is 54.3 Å². The second-order valence-corrected chi connectivity index (χ2v) is 12.1. The summed E-state index contributed by atoms with van der Waals surface area (Å²) in [6, 6.07) is 3.95. The zero-order chi connectivity index (χ0) is 23.7. The van der Waals surface area contributed by atoms with Crippen molar-refractivity contribution in [2.24, 2.45) is 0 Å². The van der Waals surface area contributed by atoms with Crippen molar-refractivity contribution >= 4 is 27.7 Å². The Kier molecular flexibility index (Phi) is 7.36. The lowest BCUT2D eigenvalue weighted by atomic mass is 9.85. The summed E-state index contributed by atoms with van der Waals surface area (Å²) in [5.41, 5.74) is 2.60. The minimum atomic E-state index is -3.62. The monoisotopic (exact) mass is 480 g/mol. The van der Waals surface area contributed by atoms with Crippen LogP contribution in [0, 0.1) is 20.8 Å². The number of carbonyl (C=O) groups excluding carboxylic acids is 1. The number of hydrogen-bond donors (Lipinski definition) is 0. The Balaban J connectivity index is 1.61. The lowest BCUT2D eigenvalue weighted by molar-refractivity contribution is -0.129. The van der Waals surface area contributed by atoms with E-state index in [2.05, 4.69) is 30.9 Å². The molecule has 10 heteroatoms. The molecule has 1 aliphatic rings. The van der Waals surface area contributed by atoms with Crippen LogP contribution in [0.5, 0.6) is 0 Å². The number of carbonyl (C=O) groups is 1. The number of aromatic nitrogens is 2. The van der Waals surface area contributed by atoms with Crippen molar-refractivity contribution in [2.45, 2.75) is 57.6 Å². The van der Waals surface area contributed by atoms with E-state index in [4.69, 9.17) is 4.52 Å². The Morgan fingerprint density at radius 1 is 1.09 bits per heavy atom. The molecule has 2 heterocycles. The Morgan fingerprint density at radius 3 is 2.19 bits per heavy atom. The van der Waals surface area contributed by atoms with Gasteiger partial charge in [-0.3, -0.25) is 4.79 Å². The average molecular weight is 481 g/mol. The van der Waals surface area contributed by atoms with Crippen molar-refractivity contribution in [1.29, 1.82) is 0 Å². The predicted octanol–water partition coefficient (Wildman–Crippen LogP) is 3.06. The predicted molar refractivity (Wildman–Crippen MR) is 125 cm³/mol. The minimum absolute atomic E-state index is 0.00541. The maximum atomic E-state index is 13.4. The molecule has 1 amide bonds. The van der Waals surface area contributed by atoms with Gasteiger partial charge in [-0.2, -0.15) is 9.29 Å². The van der Waals surface area contributed by atoms with Crippen molar-refractivity contribution in [3.8, 4) is 0 Å². The molecule has 176 valence electrons. The lowest BCUT2D eigenvalue weighted by Gasteiger charge is -2.34. The summed E-state index contributed by atoms with van der Waals surface area (Å²) in [7, 11) is -3.62. The second-order valence-electron chi connectivity index (χ2n) is 9.20. The highest BCUT2D eigenvalue weighted by molar-refractivity contribution is 7.99. The van der Waals surface area contributed by atoms with Gasteiger partial charge in [0, 0.05) is 33.1 Å². The van der Waals surface area contributed by atoms with Crippen LogP contribution in [-0.4, -0.2) is 65.6 Å². The topological polar surface area (TPSA) is 96.6 Å². The van der Waals surface area contributed by atoms with Crippen molar-refractivity contribution in [3.63, 3.8) is 0 Å². The molecule has 0 bridgehead atoms. The summed E-state index contributed by atoms with van der Waals surface area (Å²) in [6.07, 6.45) is 0. The highest BCUT2D eigenvalue weighted by Crippen LogP contribution is 2.31. The highest BCUT2D eigenvalue weighted by atomic mass is 32.2. The molecule has 3 rings (SSSR count). The molecule has 32 heavy (non-hydrogen) atoms. The zero-order valence-electron chi connectivity index (χ0n) is 19.6. The molecule has 1 fully saturated rings. The Bertz CT molecular complexity index is 1060. The molecule has 1 aliphatic heterocycles. The molecule has 0 spiro atoms. The first kappa shape index (κ1) is 24.7. The van der Waals surface area contributed by atoms with Crippen LogP contribution >= 0.6 is 11.8 Å².